The summed E-state index contributed by atoms with van der Waals surface area (Å²) in [6, 6.07) is 22.8. The van der Waals surface area contributed by atoms with Gasteiger partial charge in [-0.1, -0.05) is 66.4 Å². The number of nitrogens with zero attached hydrogens (tertiary/aromatic N) is 3. The molecule has 0 fully saturated rings. The number of methoxy groups -OCH3 is 1. The highest BCUT2D eigenvalue weighted by Crippen LogP contribution is 2.39. The number of carbonyl (C=O) groups excluding carboxylic acids is 1. The van der Waals surface area contributed by atoms with Gasteiger partial charge in [0.05, 0.1) is 12.6 Å². The first kappa shape index (κ1) is 19.2. The van der Waals surface area contributed by atoms with E-state index in [4.69, 9.17) is 4.74 Å². The predicted molar refractivity (Wildman–Crippen MR) is 116 cm³/mol. The first-order valence-electron chi connectivity index (χ1n) is 9.45. The van der Waals surface area contributed by atoms with Crippen LogP contribution in [-0.4, -0.2) is 27.9 Å². The minimum Gasteiger partial charge on any atom is -0.497 e. The van der Waals surface area contributed by atoms with Crippen LogP contribution in [-0.2, 0) is 0 Å². The number of para-hydroxylation sites is 1. The quantitative estimate of drug-likeness (QED) is 0.307. The molecular formula is C23H21N3O2S. The van der Waals surface area contributed by atoms with Crippen molar-refractivity contribution in [1.29, 1.82) is 0 Å². The molecule has 1 heterocycles. The fraction of sp³-hybridized carbons (Fsp3) is 0.174. The lowest BCUT2D eigenvalue weighted by molar-refractivity contribution is 0.103. The molecule has 29 heavy (non-hydrogen) atoms. The van der Waals surface area contributed by atoms with Gasteiger partial charge in [0, 0.05) is 16.0 Å². The molecule has 0 amide bonds. The third kappa shape index (κ3) is 3.89. The van der Waals surface area contributed by atoms with Crippen LogP contribution >= 0.6 is 11.8 Å². The molecule has 0 saturated heterocycles. The zero-order valence-corrected chi connectivity index (χ0v) is 17.1. The van der Waals surface area contributed by atoms with Gasteiger partial charge < -0.3 is 4.74 Å². The molecule has 3 aromatic carbocycles. The van der Waals surface area contributed by atoms with Crippen molar-refractivity contribution in [2.24, 2.45) is 0 Å². The number of fused-ring (bicyclic) bond motifs is 1. The molecule has 1 unspecified atom stereocenters. The van der Waals surface area contributed by atoms with Crippen LogP contribution in [0.1, 0.15) is 34.6 Å². The lowest BCUT2D eigenvalue weighted by Gasteiger charge is -2.18. The lowest BCUT2D eigenvalue weighted by Crippen LogP contribution is -2.09. The SMILES string of the molecule is CCC(Sc1cc(OC)ccc1C(=O)c1ccccc1)n1nnc2ccccc21. The molecule has 1 atom stereocenters. The molecule has 0 aliphatic rings. The Labute approximate surface area is 173 Å². The van der Waals surface area contributed by atoms with Crippen LogP contribution in [0.3, 0.4) is 0 Å². The van der Waals surface area contributed by atoms with Crippen molar-refractivity contribution in [3.05, 3.63) is 83.9 Å². The van der Waals surface area contributed by atoms with Gasteiger partial charge in [-0.3, -0.25) is 4.79 Å². The molecule has 1 aromatic heterocycles. The van der Waals surface area contributed by atoms with Crippen molar-refractivity contribution in [2.75, 3.05) is 7.11 Å². The zero-order valence-electron chi connectivity index (χ0n) is 16.3. The van der Waals surface area contributed by atoms with E-state index in [1.807, 2.05) is 77.5 Å². The summed E-state index contributed by atoms with van der Waals surface area (Å²) in [5, 5.41) is 8.64. The van der Waals surface area contributed by atoms with Crippen molar-refractivity contribution in [3.63, 3.8) is 0 Å². The number of carbonyl (C=O) groups is 1. The standard InChI is InChI=1S/C23H21N3O2S/c1-3-22(26-20-12-8-7-11-19(20)24-25-26)29-21-15-17(28-2)13-14-18(21)23(27)16-9-5-4-6-10-16/h4-15,22H,3H2,1-2H3. The van der Waals surface area contributed by atoms with Crippen LogP contribution in [0.25, 0.3) is 11.0 Å². The highest BCUT2D eigenvalue weighted by Gasteiger charge is 2.21. The minimum atomic E-state index is -0.00551. The predicted octanol–water partition coefficient (Wildman–Crippen LogP) is 5.37. The van der Waals surface area contributed by atoms with Crippen LogP contribution in [0.2, 0.25) is 0 Å². The van der Waals surface area contributed by atoms with Gasteiger partial charge >= 0.3 is 0 Å². The Morgan fingerprint density at radius 3 is 2.59 bits per heavy atom. The van der Waals surface area contributed by atoms with Gasteiger partial charge in [-0.2, -0.15) is 0 Å². The summed E-state index contributed by atoms with van der Waals surface area (Å²) < 4.78 is 7.34. The monoisotopic (exact) mass is 403 g/mol. The van der Waals surface area contributed by atoms with Crippen molar-refractivity contribution < 1.29 is 9.53 Å². The number of benzene rings is 3. The van der Waals surface area contributed by atoms with Crippen LogP contribution in [0.15, 0.2) is 77.7 Å². The fourth-order valence-electron chi connectivity index (χ4n) is 3.21. The Hall–Kier alpha value is -3.12. The average molecular weight is 404 g/mol. The number of rotatable bonds is 7. The smallest absolute Gasteiger partial charge is 0.194 e. The third-order valence-electron chi connectivity index (χ3n) is 4.73. The van der Waals surface area contributed by atoms with Crippen LogP contribution < -0.4 is 4.74 Å². The Bertz CT molecular complexity index is 1140. The molecule has 6 heteroatoms. The molecule has 0 saturated carbocycles. The topological polar surface area (TPSA) is 57.0 Å². The van der Waals surface area contributed by atoms with Gasteiger partial charge in [0.25, 0.3) is 0 Å². The number of ketones is 1. The van der Waals surface area contributed by atoms with Gasteiger partial charge in [0.2, 0.25) is 0 Å². The Morgan fingerprint density at radius 2 is 1.83 bits per heavy atom. The maximum Gasteiger partial charge on any atom is 0.194 e. The first-order chi connectivity index (χ1) is 14.2. The Morgan fingerprint density at radius 1 is 1.07 bits per heavy atom. The van der Waals surface area contributed by atoms with Crippen LogP contribution in [0, 0.1) is 0 Å². The van der Waals surface area contributed by atoms with Crippen LogP contribution in [0.5, 0.6) is 5.75 Å². The van der Waals surface area contributed by atoms with Crippen molar-refractivity contribution in [1.82, 2.24) is 15.0 Å². The second-order valence-electron chi connectivity index (χ2n) is 6.56. The van der Waals surface area contributed by atoms with Crippen molar-refractivity contribution >= 4 is 28.6 Å². The summed E-state index contributed by atoms with van der Waals surface area (Å²) in [5.74, 6) is 0.712. The maximum absolute atomic E-state index is 13.1. The molecule has 4 rings (SSSR count). The van der Waals surface area contributed by atoms with Crippen molar-refractivity contribution in [2.45, 2.75) is 23.6 Å². The molecule has 0 bridgehead atoms. The van der Waals surface area contributed by atoms with Gasteiger partial charge in [-0.25, -0.2) is 4.68 Å². The van der Waals surface area contributed by atoms with Crippen LogP contribution in [0.4, 0.5) is 0 Å². The fourth-order valence-corrected chi connectivity index (χ4v) is 4.40. The minimum absolute atomic E-state index is 0.00294. The molecule has 0 aliphatic carbocycles. The number of ether oxygens (including phenoxy) is 1. The van der Waals surface area contributed by atoms with Gasteiger partial charge in [0.1, 0.15) is 16.6 Å². The average Bonchev–Trinajstić information content (AvgIpc) is 3.21. The van der Waals surface area contributed by atoms with E-state index in [0.717, 1.165) is 28.1 Å². The highest BCUT2D eigenvalue weighted by atomic mass is 32.2. The summed E-state index contributed by atoms with van der Waals surface area (Å²) in [7, 11) is 1.63. The molecule has 146 valence electrons. The molecule has 0 N–H and O–H groups in total. The normalized spacial score (nSPS) is 12.1. The molecule has 4 aromatic rings. The van der Waals surface area contributed by atoms with Crippen molar-refractivity contribution in [3.8, 4) is 5.75 Å². The number of hydrogen-bond donors (Lipinski definition) is 0. The van der Waals surface area contributed by atoms with E-state index >= 15 is 0 Å². The number of thioether (sulfide) groups is 1. The van der Waals surface area contributed by atoms with E-state index < -0.39 is 0 Å². The first-order valence-corrected chi connectivity index (χ1v) is 10.3. The maximum atomic E-state index is 13.1. The molecule has 0 spiro atoms. The molecule has 5 nitrogen and oxygen atoms in total. The zero-order chi connectivity index (χ0) is 20.2. The third-order valence-corrected chi connectivity index (χ3v) is 6.13. The van der Waals surface area contributed by atoms with Gasteiger partial charge in [-0.05, 0) is 36.8 Å². The molecular weight excluding hydrogens is 382 g/mol. The molecule has 0 radical (unpaired) electrons. The van der Waals surface area contributed by atoms with Gasteiger partial charge in [-0.15, -0.1) is 5.10 Å². The van der Waals surface area contributed by atoms with E-state index in [9.17, 15) is 4.79 Å². The second kappa shape index (κ2) is 8.49. The largest absolute Gasteiger partial charge is 0.497 e. The van der Waals surface area contributed by atoms with E-state index in [1.54, 1.807) is 18.9 Å². The second-order valence-corrected chi connectivity index (χ2v) is 7.78. The number of aromatic nitrogens is 3. The molecule has 0 aliphatic heterocycles. The summed E-state index contributed by atoms with van der Waals surface area (Å²) >= 11 is 1.60. The van der Waals surface area contributed by atoms with Gasteiger partial charge in [0.15, 0.2) is 5.78 Å². The Kier molecular flexibility index (Phi) is 5.62. The Balaban J connectivity index is 1.74. The lowest BCUT2D eigenvalue weighted by atomic mass is 10.0. The summed E-state index contributed by atoms with van der Waals surface area (Å²) in [5.41, 5.74) is 3.16. The van der Waals surface area contributed by atoms with E-state index in [1.165, 1.54) is 0 Å². The summed E-state index contributed by atoms with van der Waals surface area (Å²) in [4.78, 5) is 14.0. The summed E-state index contributed by atoms with van der Waals surface area (Å²) in [6.07, 6.45) is 0.828. The highest BCUT2D eigenvalue weighted by molar-refractivity contribution is 7.99. The number of hydrogen-bond acceptors (Lipinski definition) is 5. The summed E-state index contributed by atoms with van der Waals surface area (Å²) in [6.45, 7) is 2.10. The van der Waals surface area contributed by atoms with E-state index in [2.05, 4.69) is 17.2 Å². The van der Waals surface area contributed by atoms with E-state index in [0.29, 0.717) is 11.1 Å². The van der Waals surface area contributed by atoms with E-state index in [-0.39, 0.29) is 11.2 Å².